The van der Waals surface area contributed by atoms with Gasteiger partial charge in [0.1, 0.15) is 17.0 Å². The molecule has 0 saturated heterocycles. The van der Waals surface area contributed by atoms with E-state index in [1.54, 1.807) is 37.3 Å². The Hall–Kier alpha value is -2.70. The van der Waals surface area contributed by atoms with E-state index >= 15 is 0 Å². The molecule has 0 atom stereocenters. The number of carbonyl (C=O) groups is 1. The Morgan fingerprint density at radius 3 is 2.54 bits per heavy atom. The van der Waals surface area contributed by atoms with Gasteiger partial charge in [0.15, 0.2) is 11.5 Å². The second-order valence-electron chi connectivity index (χ2n) is 6.23. The topological polar surface area (TPSA) is 73.6 Å². The molecule has 2 heterocycles. The van der Waals surface area contributed by atoms with Crippen LogP contribution in [-0.4, -0.2) is 24.3 Å². The number of anilines is 1. The van der Waals surface area contributed by atoms with E-state index in [1.807, 2.05) is 6.07 Å². The van der Waals surface area contributed by atoms with Crippen LogP contribution in [0, 0.1) is 6.92 Å². The Kier molecular flexibility index (Phi) is 5.15. The first-order valence-electron chi connectivity index (χ1n) is 8.66. The van der Waals surface area contributed by atoms with Gasteiger partial charge in [0, 0.05) is 24.1 Å². The third kappa shape index (κ3) is 3.53. The summed E-state index contributed by atoms with van der Waals surface area (Å²) in [5.74, 6) is 1.05. The van der Waals surface area contributed by atoms with Crippen molar-refractivity contribution in [2.24, 2.45) is 0 Å². The minimum Gasteiger partial charge on any atom is -0.490 e. The van der Waals surface area contributed by atoms with Gasteiger partial charge in [-0.2, -0.15) is 0 Å². The van der Waals surface area contributed by atoms with Crippen molar-refractivity contribution in [3.05, 3.63) is 57.8 Å². The van der Waals surface area contributed by atoms with Crippen LogP contribution in [0.4, 0.5) is 5.69 Å². The molecule has 8 heteroatoms. The van der Waals surface area contributed by atoms with Gasteiger partial charge in [0.25, 0.3) is 5.91 Å². The van der Waals surface area contributed by atoms with Crippen molar-refractivity contribution in [1.82, 2.24) is 5.16 Å². The van der Waals surface area contributed by atoms with Crippen LogP contribution in [0.5, 0.6) is 11.5 Å². The van der Waals surface area contributed by atoms with Crippen molar-refractivity contribution in [2.75, 3.05) is 18.5 Å². The van der Waals surface area contributed by atoms with Crippen LogP contribution in [0.15, 0.2) is 40.9 Å². The summed E-state index contributed by atoms with van der Waals surface area (Å²) in [5.41, 5.74) is 1.67. The zero-order chi connectivity index (χ0) is 19.7. The number of fused-ring (bicyclic) bond motifs is 1. The third-order valence-corrected chi connectivity index (χ3v) is 4.95. The average Bonchev–Trinajstić information content (AvgIpc) is 2.91. The number of aromatic nitrogens is 1. The number of ether oxygens (including phenoxy) is 2. The first kappa shape index (κ1) is 18.7. The zero-order valence-corrected chi connectivity index (χ0v) is 16.4. The highest BCUT2D eigenvalue weighted by molar-refractivity contribution is 6.34. The Balaban J connectivity index is 1.68. The van der Waals surface area contributed by atoms with Gasteiger partial charge in [-0.3, -0.25) is 4.79 Å². The molecule has 1 aliphatic rings. The van der Waals surface area contributed by atoms with Crippen molar-refractivity contribution < 1.29 is 18.8 Å². The first-order valence-corrected chi connectivity index (χ1v) is 9.42. The van der Waals surface area contributed by atoms with Gasteiger partial charge < -0.3 is 19.3 Å². The lowest BCUT2D eigenvalue weighted by molar-refractivity contribution is 0.102. The summed E-state index contributed by atoms with van der Waals surface area (Å²) < 4.78 is 16.5. The molecule has 28 heavy (non-hydrogen) atoms. The van der Waals surface area contributed by atoms with Gasteiger partial charge in [-0.1, -0.05) is 46.6 Å². The van der Waals surface area contributed by atoms with E-state index in [0.717, 1.165) is 6.42 Å². The largest absolute Gasteiger partial charge is 0.490 e. The number of carbonyl (C=O) groups excluding carboxylic acids is 1. The van der Waals surface area contributed by atoms with Crippen LogP contribution in [0.1, 0.15) is 22.5 Å². The summed E-state index contributed by atoms with van der Waals surface area (Å²) in [7, 11) is 0. The number of rotatable bonds is 3. The second-order valence-corrected chi connectivity index (χ2v) is 7.04. The SMILES string of the molecule is Cc1onc(-c2ccccc2Cl)c1C(=O)Nc1cc2c(cc1Cl)OCCCO2. The van der Waals surface area contributed by atoms with Gasteiger partial charge in [-0.25, -0.2) is 0 Å². The molecule has 0 radical (unpaired) electrons. The molecule has 2 aromatic carbocycles. The molecule has 6 nitrogen and oxygen atoms in total. The Morgan fingerprint density at radius 1 is 1.07 bits per heavy atom. The minimum absolute atomic E-state index is 0.288. The van der Waals surface area contributed by atoms with E-state index in [9.17, 15) is 4.79 Å². The third-order valence-electron chi connectivity index (χ3n) is 4.30. The van der Waals surface area contributed by atoms with Gasteiger partial charge in [-0.15, -0.1) is 0 Å². The van der Waals surface area contributed by atoms with Crippen molar-refractivity contribution in [3.63, 3.8) is 0 Å². The highest BCUT2D eigenvalue weighted by atomic mass is 35.5. The van der Waals surface area contributed by atoms with Crippen molar-refractivity contribution in [3.8, 4) is 22.8 Å². The first-order chi connectivity index (χ1) is 13.5. The van der Waals surface area contributed by atoms with E-state index in [1.165, 1.54) is 0 Å². The van der Waals surface area contributed by atoms with Gasteiger partial charge in [0.2, 0.25) is 0 Å². The molecule has 1 aliphatic heterocycles. The summed E-state index contributed by atoms with van der Waals surface area (Å²) in [4.78, 5) is 13.0. The van der Waals surface area contributed by atoms with Crippen LogP contribution < -0.4 is 14.8 Å². The number of benzene rings is 2. The number of amides is 1. The molecule has 0 saturated carbocycles. The van der Waals surface area contributed by atoms with Gasteiger partial charge in [-0.05, 0) is 13.0 Å². The molecular formula is C20H16Cl2N2O4. The Bertz CT molecular complexity index is 1050. The van der Waals surface area contributed by atoms with Crippen molar-refractivity contribution >= 4 is 34.8 Å². The fraction of sp³-hybridized carbons (Fsp3) is 0.200. The van der Waals surface area contributed by atoms with E-state index in [2.05, 4.69) is 10.5 Å². The molecule has 1 aromatic heterocycles. The van der Waals surface area contributed by atoms with Crippen molar-refractivity contribution in [1.29, 1.82) is 0 Å². The molecule has 0 unspecified atom stereocenters. The highest BCUT2D eigenvalue weighted by Crippen LogP contribution is 2.38. The summed E-state index contributed by atoms with van der Waals surface area (Å²) >= 11 is 12.6. The highest BCUT2D eigenvalue weighted by Gasteiger charge is 2.24. The van der Waals surface area contributed by atoms with E-state index < -0.39 is 5.91 Å². The quantitative estimate of drug-likeness (QED) is 0.618. The number of nitrogens with zero attached hydrogens (tertiary/aromatic N) is 1. The molecule has 3 aromatic rings. The van der Waals surface area contributed by atoms with Crippen LogP contribution >= 0.6 is 23.2 Å². The predicted octanol–water partition coefficient (Wildman–Crippen LogP) is 5.37. The number of hydrogen-bond acceptors (Lipinski definition) is 5. The standard InChI is InChI=1S/C20H16Cl2N2O4/c1-11-18(19(24-28-11)12-5-2-3-6-13(12)21)20(25)23-15-10-17-16(9-14(15)22)26-7-4-8-27-17/h2-3,5-6,9-10H,4,7-8H2,1H3,(H,23,25). The molecule has 1 amide bonds. The Morgan fingerprint density at radius 2 is 1.79 bits per heavy atom. The van der Waals surface area contributed by atoms with Gasteiger partial charge in [0.05, 0.1) is 28.9 Å². The summed E-state index contributed by atoms with van der Waals surface area (Å²) in [5, 5.41) is 7.63. The van der Waals surface area contributed by atoms with E-state index in [4.69, 9.17) is 37.2 Å². The molecule has 0 fully saturated rings. The lowest BCUT2D eigenvalue weighted by atomic mass is 10.1. The van der Waals surface area contributed by atoms with Crippen molar-refractivity contribution in [2.45, 2.75) is 13.3 Å². The maximum absolute atomic E-state index is 13.0. The Labute approximate surface area is 171 Å². The maximum Gasteiger partial charge on any atom is 0.261 e. The molecule has 1 N–H and O–H groups in total. The predicted molar refractivity (Wildman–Crippen MR) is 107 cm³/mol. The number of hydrogen-bond donors (Lipinski definition) is 1. The van der Waals surface area contributed by atoms with Gasteiger partial charge >= 0.3 is 0 Å². The molecule has 4 rings (SSSR count). The number of aryl methyl sites for hydroxylation is 1. The number of halogens is 2. The second kappa shape index (κ2) is 7.73. The lowest BCUT2D eigenvalue weighted by Gasteiger charge is -2.12. The molecule has 144 valence electrons. The molecule has 0 aliphatic carbocycles. The van der Waals surface area contributed by atoms with Crippen LogP contribution in [0.2, 0.25) is 10.0 Å². The smallest absolute Gasteiger partial charge is 0.261 e. The lowest BCUT2D eigenvalue weighted by Crippen LogP contribution is -2.14. The average molecular weight is 419 g/mol. The molecule has 0 spiro atoms. The molecular weight excluding hydrogens is 403 g/mol. The summed E-state index contributed by atoms with van der Waals surface area (Å²) in [6.07, 6.45) is 0.773. The minimum atomic E-state index is -0.412. The monoisotopic (exact) mass is 418 g/mol. The maximum atomic E-state index is 13.0. The van der Waals surface area contributed by atoms with Crippen LogP contribution in [0.25, 0.3) is 11.3 Å². The van der Waals surface area contributed by atoms with E-state index in [-0.39, 0.29) is 5.56 Å². The molecule has 0 bridgehead atoms. The van der Waals surface area contributed by atoms with Crippen LogP contribution in [0.3, 0.4) is 0 Å². The fourth-order valence-corrected chi connectivity index (χ4v) is 3.37. The normalized spacial score (nSPS) is 13.1. The number of nitrogens with one attached hydrogen (secondary N) is 1. The summed E-state index contributed by atoms with van der Waals surface area (Å²) in [6, 6.07) is 10.4. The fourth-order valence-electron chi connectivity index (χ4n) is 2.94. The zero-order valence-electron chi connectivity index (χ0n) is 14.9. The van der Waals surface area contributed by atoms with E-state index in [0.29, 0.717) is 57.5 Å². The van der Waals surface area contributed by atoms with Crippen LogP contribution in [-0.2, 0) is 0 Å². The summed E-state index contributed by atoms with van der Waals surface area (Å²) in [6.45, 7) is 2.75.